The van der Waals surface area contributed by atoms with Crippen molar-refractivity contribution in [1.82, 2.24) is 5.43 Å². The molecule has 0 aliphatic rings. The summed E-state index contributed by atoms with van der Waals surface area (Å²) in [6.07, 6.45) is 3.37. The van der Waals surface area contributed by atoms with Gasteiger partial charge in [0, 0.05) is 10.7 Å². The molecule has 2 N–H and O–H groups in total. The van der Waals surface area contributed by atoms with Crippen molar-refractivity contribution < 1.29 is 23.9 Å². The molecule has 0 heterocycles. The van der Waals surface area contributed by atoms with Crippen molar-refractivity contribution in [3.05, 3.63) is 88.9 Å². The smallest absolute Gasteiger partial charge is 0.343 e. The summed E-state index contributed by atoms with van der Waals surface area (Å²) in [5.41, 5.74) is 3.60. The van der Waals surface area contributed by atoms with E-state index >= 15 is 0 Å². The first-order chi connectivity index (χ1) is 16.9. The van der Waals surface area contributed by atoms with E-state index < -0.39 is 17.8 Å². The molecule has 8 nitrogen and oxygen atoms in total. The van der Waals surface area contributed by atoms with Crippen LogP contribution in [0, 0.1) is 0 Å². The van der Waals surface area contributed by atoms with Gasteiger partial charge in [-0.1, -0.05) is 24.9 Å². The van der Waals surface area contributed by atoms with Crippen LogP contribution in [0.4, 0.5) is 5.69 Å². The molecule has 0 bridgehead atoms. The Kier molecular flexibility index (Phi) is 9.39. The normalized spacial score (nSPS) is 10.6. The number of hydrogen-bond donors (Lipinski definition) is 2. The van der Waals surface area contributed by atoms with Crippen molar-refractivity contribution in [2.24, 2.45) is 5.10 Å². The van der Waals surface area contributed by atoms with Gasteiger partial charge in [-0.15, -0.1) is 0 Å². The van der Waals surface area contributed by atoms with Gasteiger partial charge in [-0.05, 0) is 84.8 Å². The highest BCUT2D eigenvalue weighted by molar-refractivity contribution is 6.39. The fourth-order valence-electron chi connectivity index (χ4n) is 2.75. The second-order valence-electron chi connectivity index (χ2n) is 7.35. The number of hydrazone groups is 1. The van der Waals surface area contributed by atoms with Crippen LogP contribution in [0.5, 0.6) is 11.5 Å². The van der Waals surface area contributed by atoms with E-state index in [9.17, 15) is 14.4 Å². The number of esters is 1. The quantitative estimate of drug-likeness (QED) is 0.111. The van der Waals surface area contributed by atoms with Gasteiger partial charge in [0.2, 0.25) is 0 Å². The minimum absolute atomic E-state index is 0.349. The van der Waals surface area contributed by atoms with E-state index in [-0.39, 0.29) is 0 Å². The lowest BCUT2D eigenvalue weighted by atomic mass is 10.2. The number of anilines is 1. The van der Waals surface area contributed by atoms with E-state index in [4.69, 9.17) is 21.1 Å². The maximum atomic E-state index is 12.3. The summed E-state index contributed by atoms with van der Waals surface area (Å²) in [5.74, 6) is -1.24. The molecule has 0 saturated carbocycles. The van der Waals surface area contributed by atoms with Gasteiger partial charge >= 0.3 is 17.8 Å². The van der Waals surface area contributed by atoms with E-state index in [1.165, 1.54) is 6.21 Å². The van der Waals surface area contributed by atoms with Crippen LogP contribution in [0.1, 0.15) is 35.7 Å². The summed E-state index contributed by atoms with van der Waals surface area (Å²) in [5, 5.41) is 6.71. The second kappa shape index (κ2) is 12.9. The number of nitrogens with zero attached hydrogens (tertiary/aromatic N) is 1. The van der Waals surface area contributed by atoms with Crippen molar-refractivity contribution in [2.75, 3.05) is 11.9 Å². The monoisotopic (exact) mass is 493 g/mol. The highest BCUT2D eigenvalue weighted by atomic mass is 35.5. The number of carbonyl (C=O) groups excluding carboxylic acids is 3. The Morgan fingerprint density at radius 1 is 0.886 bits per heavy atom. The molecule has 0 aliphatic heterocycles. The topological polar surface area (TPSA) is 106 Å². The van der Waals surface area contributed by atoms with Gasteiger partial charge in [-0.2, -0.15) is 5.10 Å². The molecule has 0 atom stereocenters. The van der Waals surface area contributed by atoms with Gasteiger partial charge in [0.25, 0.3) is 0 Å². The number of amides is 2. The predicted molar refractivity (Wildman–Crippen MR) is 134 cm³/mol. The zero-order valence-corrected chi connectivity index (χ0v) is 19.7. The molecular formula is C26H24ClN3O5. The highest BCUT2D eigenvalue weighted by Crippen LogP contribution is 2.17. The first-order valence-corrected chi connectivity index (χ1v) is 11.3. The SMILES string of the molecule is CCCCOc1ccc(C(=O)Oc2ccc(C=NNC(=O)C(=O)Nc3ccc(Cl)cc3)cc2)cc1. The average molecular weight is 494 g/mol. The van der Waals surface area contributed by atoms with Crippen LogP contribution in [0.15, 0.2) is 77.9 Å². The maximum Gasteiger partial charge on any atom is 0.343 e. The lowest BCUT2D eigenvalue weighted by molar-refractivity contribution is -0.136. The molecule has 2 amide bonds. The Labute approximate surface area is 207 Å². The summed E-state index contributed by atoms with van der Waals surface area (Å²) in [4.78, 5) is 36.1. The Bertz CT molecular complexity index is 1180. The second-order valence-corrected chi connectivity index (χ2v) is 7.78. The van der Waals surface area contributed by atoms with Crippen molar-refractivity contribution >= 4 is 41.3 Å². The molecule has 0 aromatic heterocycles. The van der Waals surface area contributed by atoms with Crippen molar-refractivity contribution in [3.63, 3.8) is 0 Å². The Morgan fingerprint density at radius 2 is 1.54 bits per heavy atom. The van der Waals surface area contributed by atoms with Crippen LogP contribution in [-0.4, -0.2) is 30.6 Å². The molecule has 9 heteroatoms. The van der Waals surface area contributed by atoms with E-state index in [0.29, 0.717) is 39.9 Å². The molecule has 3 aromatic carbocycles. The van der Waals surface area contributed by atoms with E-state index in [2.05, 4.69) is 22.8 Å². The predicted octanol–water partition coefficient (Wildman–Crippen LogP) is 4.83. The molecule has 0 aliphatic carbocycles. The number of rotatable bonds is 9. The fourth-order valence-corrected chi connectivity index (χ4v) is 2.87. The summed E-state index contributed by atoms with van der Waals surface area (Å²) in [7, 11) is 0. The van der Waals surface area contributed by atoms with Gasteiger partial charge in [0.05, 0.1) is 18.4 Å². The molecule has 3 aromatic rings. The summed E-state index contributed by atoms with van der Waals surface area (Å²) in [6.45, 7) is 2.72. The molecular weight excluding hydrogens is 470 g/mol. The number of hydrogen-bond acceptors (Lipinski definition) is 6. The Morgan fingerprint density at radius 3 is 2.20 bits per heavy atom. The number of nitrogens with one attached hydrogen (secondary N) is 2. The fraction of sp³-hybridized carbons (Fsp3) is 0.154. The highest BCUT2D eigenvalue weighted by Gasteiger charge is 2.13. The van der Waals surface area contributed by atoms with Gasteiger partial charge in [0.1, 0.15) is 11.5 Å². The van der Waals surface area contributed by atoms with Crippen LogP contribution in [0.2, 0.25) is 5.02 Å². The van der Waals surface area contributed by atoms with E-state index in [0.717, 1.165) is 12.8 Å². The minimum atomic E-state index is -0.927. The van der Waals surface area contributed by atoms with Gasteiger partial charge in [-0.3, -0.25) is 9.59 Å². The van der Waals surface area contributed by atoms with Crippen molar-refractivity contribution in [3.8, 4) is 11.5 Å². The lowest BCUT2D eigenvalue weighted by Crippen LogP contribution is -2.32. The molecule has 180 valence electrons. The largest absolute Gasteiger partial charge is 0.494 e. The van der Waals surface area contributed by atoms with Crippen molar-refractivity contribution in [2.45, 2.75) is 19.8 Å². The van der Waals surface area contributed by atoms with Crippen LogP contribution in [0.3, 0.4) is 0 Å². The van der Waals surface area contributed by atoms with Crippen LogP contribution < -0.4 is 20.2 Å². The van der Waals surface area contributed by atoms with Gasteiger partial charge in [-0.25, -0.2) is 10.2 Å². The van der Waals surface area contributed by atoms with Gasteiger partial charge in [0.15, 0.2) is 0 Å². The molecule has 0 saturated heterocycles. The molecule has 3 rings (SSSR count). The summed E-state index contributed by atoms with van der Waals surface area (Å²) >= 11 is 5.78. The summed E-state index contributed by atoms with van der Waals surface area (Å²) < 4.78 is 11.0. The summed E-state index contributed by atoms with van der Waals surface area (Å²) in [6, 6.07) is 19.6. The average Bonchev–Trinajstić information content (AvgIpc) is 2.87. The molecule has 0 radical (unpaired) electrons. The molecule has 0 fully saturated rings. The third kappa shape index (κ3) is 8.28. The lowest BCUT2D eigenvalue weighted by Gasteiger charge is -2.07. The van der Waals surface area contributed by atoms with Gasteiger partial charge < -0.3 is 14.8 Å². The molecule has 0 unspecified atom stereocenters. The third-order valence-electron chi connectivity index (χ3n) is 4.64. The maximum absolute atomic E-state index is 12.3. The number of ether oxygens (including phenoxy) is 2. The number of carbonyl (C=O) groups is 3. The van der Waals surface area contributed by atoms with Crippen molar-refractivity contribution in [1.29, 1.82) is 0 Å². The zero-order chi connectivity index (χ0) is 25.0. The Balaban J connectivity index is 1.46. The molecule has 0 spiro atoms. The first-order valence-electron chi connectivity index (χ1n) is 10.9. The van der Waals surface area contributed by atoms with Crippen LogP contribution in [0.25, 0.3) is 0 Å². The minimum Gasteiger partial charge on any atom is -0.494 e. The van der Waals surface area contributed by atoms with E-state index in [1.54, 1.807) is 72.8 Å². The zero-order valence-electron chi connectivity index (χ0n) is 19.0. The number of halogens is 1. The van der Waals surface area contributed by atoms with Crippen LogP contribution in [-0.2, 0) is 9.59 Å². The molecule has 35 heavy (non-hydrogen) atoms. The Hall–Kier alpha value is -4.17. The number of unbranched alkanes of at least 4 members (excludes halogenated alkanes) is 1. The van der Waals surface area contributed by atoms with E-state index in [1.807, 2.05) is 0 Å². The first kappa shape index (κ1) is 25.5. The third-order valence-corrected chi connectivity index (χ3v) is 4.89. The number of benzene rings is 3. The van der Waals surface area contributed by atoms with Crippen LogP contribution >= 0.6 is 11.6 Å². The standard InChI is InChI=1S/C26H24ClN3O5/c1-2-3-16-34-22-14-6-19(7-15-22)26(33)35-23-12-4-18(5-13-23)17-28-30-25(32)24(31)29-21-10-8-20(27)9-11-21/h4-15,17H,2-3,16H2,1H3,(H,29,31)(H,30,32).